The lowest BCUT2D eigenvalue weighted by Gasteiger charge is -2.49. The van der Waals surface area contributed by atoms with Crippen LogP contribution in [0.4, 0.5) is 0 Å². The number of allylic oxidation sites excluding steroid dienone is 1. The highest BCUT2D eigenvalue weighted by atomic mass is 16.1. The normalized spacial score (nSPS) is 30.1. The molecule has 3 aliphatic rings. The monoisotopic (exact) mass is 296 g/mol. The zero-order valence-corrected chi connectivity index (χ0v) is 13.8. The second-order valence-corrected chi connectivity index (χ2v) is 7.53. The minimum Gasteiger partial charge on any atom is -0.319 e. The van der Waals surface area contributed by atoms with Gasteiger partial charge in [-0.25, -0.2) is 0 Å². The minimum atomic E-state index is 0.392. The third-order valence-electron chi connectivity index (χ3n) is 6.13. The first-order valence-corrected chi connectivity index (χ1v) is 8.85. The van der Waals surface area contributed by atoms with Crippen molar-refractivity contribution in [2.24, 2.45) is 0 Å². The Morgan fingerprint density at radius 2 is 2.09 bits per heavy atom. The summed E-state index contributed by atoms with van der Waals surface area (Å²) in [5, 5.41) is 0. The third-order valence-corrected chi connectivity index (χ3v) is 6.13. The van der Waals surface area contributed by atoms with Gasteiger partial charge >= 0.3 is 0 Å². The highest BCUT2D eigenvalue weighted by Crippen LogP contribution is 2.50. The van der Waals surface area contributed by atoms with Crippen LogP contribution in [0.15, 0.2) is 23.8 Å². The van der Waals surface area contributed by atoms with Crippen molar-refractivity contribution in [2.75, 3.05) is 20.1 Å². The average Bonchev–Trinajstić information content (AvgIpc) is 2.51. The quantitative estimate of drug-likeness (QED) is 0.752. The van der Waals surface area contributed by atoms with E-state index in [-0.39, 0.29) is 0 Å². The summed E-state index contributed by atoms with van der Waals surface area (Å²) in [7, 11) is 2.43. The molecule has 2 nitrogen and oxygen atoms in total. The summed E-state index contributed by atoms with van der Waals surface area (Å²) in [5.41, 5.74) is 6.85. The number of ketones is 1. The maximum absolute atomic E-state index is 12.5. The standard InChI is InChI=1S/C20H26NO/c1-3-11-21(2)12-10-14-6-4-8-16-19(14)17(21)13-15-7-5-9-18(22)20(15)16/h4,6,8,17H,3,5,7,9-13H2,1-2H3/q+1. The SMILES string of the molecule is CCC[N+]1(C)CCc2cccc3c2C1CC1=C3C(=O)CCC1. The van der Waals surface area contributed by atoms with Crippen molar-refractivity contribution >= 4 is 11.4 Å². The summed E-state index contributed by atoms with van der Waals surface area (Å²) >= 11 is 0. The van der Waals surface area contributed by atoms with Crippen LogP contribution in [0.3, 0.4) is 0 Å². The maximum atomic E-state index is 12.5. The number of hydrogen-bond donors (Lipinski definition) is 0. The summed E-state index contributed by atoms with van der Waals surface area (Å²) < 4.78 is 1.16. The molecule has 0 saturated carbocycles. The summed E-state index contributed by atoms with van der Waals surface area (Å²) in [5.74, 6) is 0.392. The van der Waals surface area contributed by atoms with Gasteiger partial charge < -0.3 is 4.48 Å². The fourth-order valence-corrected chi connectivity index (χ4v) is 5.07. The molecule has 22 heavy (non-hydrogen) atoms. The lowest BCUT2D eigenvalue weighted by Crippen LogP contribution is -2.52. The van der Waals surface area contributed by atoms with Gasteiger partial charge in [0.2, 0.25) is 0 Å². The summed E-state index contributed by atoms with van der Waals surface area (Å²) in [6.45, 7) is 4.78. The minimum absolute atomic E-state index is 0.392. The number of fused-ring (bicyclic) bond motifs is 1. The summed E-state index contributed by atoms with van der Waals surface area (Å²) in [4.78, 5) is 12.5. The molecular formula is C20H26NO+. The van der Waals surface area contributed by atoms with Gasteiger partial charge in [-0.3, -0.25) is 4.79 Å². The molecule has 1 aromatic carbocycles. The van der Waals surface area contributed by atoms with Gasteiger partial charge in [0.25, 0.3) is 0 Å². The van der Waals surface area contributed by atoms with Crippen molar-refractivity contribution in [3.05, 3.63) is 40.5 Å². The van der Waals surface area contributed by atoms with Crippen LogP contribution in [0.1, 0.15) is 61.8 Å². The lowest BCUT2D eigenvalue weighted by atomic mass is 9.71. The van der Waals surface area contributed by atoms with E-state index in [0.29, 0.717) is 11.8 Å². The number of likely N-dealkylation sites (N-methyl/N-ethyl adjacent to an activating group) is 1. The van der Waals surface area contributed by atoms with E-state index >= 15 is 0 Å². The van der Waals surface area contributed by atoms with Crippen LogP contribution >= 0.6 is 0 Å². The topological polar surface area (TPSA) is 17.1 Å². The fourth-order valence-electron chi connectivity index (χ4n) is 5.07. The third kappa shape index (κ3) is 1.93. The molecule has 1 heterocycles. The molecule has 2 unspecified atom stereocenters. The first-order chi connectivity index (χ1) is 10.6. The lowest BCUT2D eigenvalue weighted by molar-refractivity contribution is -0.941. The largest absolute Gasteiger partial charge is 0.319 e. The zero-order valence-electron chi connectivity index (χ0n) is 13.8. The smallest absolute Gasteiger partial charge is 0.163 e. The van der Waals surface area contributed by atoms with E-state index in [0.717, 1.165) is 42.2 Å². The van der Waals surface area contributed by atoms with E-state index in [9.17, 15) is 4.79 Å². The van der Waals surface area contributed by atoms with Gasteiger partial charge in [-0.1, -0.05) is 30.7 Å². The highest BCUT2D eigenvalue weighted by Gasteiger charge is 2.44. The van der Waals surface area contributed by atoms with E-state index in [2.05, 4.69) is 32.2 Å². The van der Waals surface area contributed by atoms with Crippen molar-refractivity contribution < 1.29 is 9.28 Å². The molecule has 0 bridgehead atoms. The van der Waals surface area contributed by atoms with Gasteiger partial charge in [0.15, 0.2) is 5.78 Å². The first kappa shape index (κ1) is 14.2. The fraction of sp³-hybridized carbons (Fsp3) is 0.550. The number of rotatable bonds is 2. The summed E-state index contributed by atoms with van der Waals surface area (Å²) in [6.07, 6.45) is 6.43. The van der Waals surface area contributed by atoms with E-state index in [1.165, 1.54) is 41.8 Å². The number of quaternary nitrogens is 1. The number of carbonyl (C=O) groups is 1. The summed E-state index contributed by atoms with van der Waals surface area (Å²) in [6, 6.07) is 7.24. The van der Waals surface area contributed by atoms with Crippen molar-refractivity contribution in [3.63, 3.8) is 0 Å². The molecule has 4 rings (SSSR count). The molecule has 0 fully saturated rings. The van der Waals surface area contributed by atoms with Gasteiger partial charge in [0.1, 0.15) is 6.04 Å². The van der Waals surface area contributed by atoms with Crippen LogP contribution in [-0.4, -0.2) is 30.4 Å². The molecule has 1 aliphatic heterocycles. The van der Waals surface area contributed by atoms with E-state index in [1.807, 2.05) is 0 Å². The molecule has 2 atom stereocenters. The van der Waals surface area contributed by atoms with Crippen LogP contribution in [0.5, 0.6) is 0 Å². The van der Waals surface area contributed by atoms with E-state index in [1.54, 1.807) is 0 Å². The molecule has 0 aromatic heterocycles. The van der Waals surface area contributed by atoms with Gasteiger partial charge in [-0.05, 0) is 30.4 Å². The number of nitrogens with zero attached hydrogens (tertiary/aromatic N) is 1. The molecule has 0 saturated heterocycles. The number of carbonyl (C=O) groups excluding carboxylic acids is 1. The maximum Gasteiger partial charge on any atom is 0.163 e. The van der Waals surface area contributed by atoms with Crippen molar-refractivity contribution in [1.29, 1.82) is 0 Å². The first-order valence-electron chi connectivity index (χ1n) is 8.85. The van der Waals surface area contributed by atoms with Crippen LogP contribution in [0, 0.1) is 0 Å². The Morgan fingerprint density at radius 1 is 1.23 bits per heavy atom. The van der Waals surface area contributed by atoms with Gasteiger partial charge in [0, 0.05) is 30.4 Å². The van der Waals surface area contributed by atoms with E-state index in [4.69, 9.17) is 0 Å². The van der Waals surface area contributed by atoms with Crippen molar-refractivity contribution in [2.45, 2.75) is 51.5 Å². The number of Topliss-reactive ketones (excluding diaryl/α,β-unsaturated/α-hetero) is 1. The van der Waals surface area contributed by atoms with E-state index < -0.39 is 0 Å². The molecule has 0 N–H and O–H groups in total. The van der Waals surface area contributed by atoms with Crippen LogP contribution in [0.25, 0.3) is 5.57 Å². The molecular weight excluding hydrogens is 270 g/mol. The Bertz CT molecular complexity index is 672. The highest BCUT2D eigenvalue weighted by molar-refractivity contribution is 6.23. The van der Waals surface area contributed by atoms with Crippen LogP contribution in [-0.2, 0) is 11.2 Å². The number of hydrogen-bond acceptors (Lipinski definition) is 1. The molecule has 1 aromatic rings. The molecule has 0 amide bonds. The van der Waals surface area contributed by atoms with Crippen molar-refractivity contribution in [1.82, 2.24) is 0 Å². The molecule has 0 radical (unpaired) electrons. The zero-order chi connectivity index (χ0) is 15.3. The Labute approximate surface area is 133 Å². The molecule has 116 valence electrons. The van der Waals surface area contributed by atoms with Crippen LogP contribution < -0.4 is 0 Å². The second-order valence-electron chi connectivity index (χ2n) is 7.53. The molecule has 2 heteroatoms. The Hall–Kier alpha value is -1.41. The Morgan fingerprint density at radius 3 is 2.91 bits per heavy atom. The second kappa shape index (κ2) is 5.06. The molecule has 0 spiro atoms. The predicted octanol–water partition coefficient (Wildman–Crippen LogP) is 4.05. The Balaban J connectivity index is 1.91. The Kier molecular flexibility index (Phi) is 3.26. The van der Waals surface area contributed by atoms with Gasteiger partial charge in [-0.15, -0.1) is 0 Å². The van der Waals surface area contributed by atoms with Gasteiger partial charge in [-0.2, -0.15) is 0 Å². The molecule has 2 aliphatic carbocycles. The van der Waals surface area contributed by atoms with Gasteiger partial charge in [0.05, 0.1) is 20.1 Å². The average molecular weight is 296 g/mol. The predicted molar refractivity (Wildman–Crippen MR) is 89.5 cm³/mol. The van der Waals surface area contributed by atoms with Crippen LogP contribution in [0.2, 0.25) is 0 Å². The number of benzene rings is 1. The van der Waals surface area contributed by atoms with Crippen molar-refractivity contribution in [3.8, 4) is 0 Å².